The van der Waals surface area contributed by atoms with Gasteiger partial charge in [-0.15, -0.1) is 0 Å². The van der Waals surface area contributed by atoms with E-state index in [0.29, 0.717) is 0 Å². The molecule has 0 aromatic heterocycles. The van der Waals surface area contributed by atoms with Gasteiger partial charge in [0.1, 0.15) is 0 Å². The Morgan fingerprint density at radius 2 is 1.00 bits per heavy atom. The molecule has 0 heterocycles. The molecule has 0 radical (unpaired) electrons. The third kappa shape index (κ3) is 1.98. The first-order valence-electron chi connectivity index (χ1n) is 9.46. The lowest BCUT2D eigenvalue weighted by Gasteiger charge is -2.16. The van der Waals surface area contributed by atoms with Gasteiger partial charge < -0.3 is 0 Å². The third-order valence-electron chi connectivity index (χ3n) is 5.89. The highest BCUT2D eigenvalue weighted by molar-refractivity contribution is 6.34. The summed E-state index contributed by atoms with van der Waals surface area (Å²) in [5.74, 6) is 0. The molecule has 0 saturated carbocycles. The first kappa shape index (κ1) is 14.8. The number of rotatable bonds is 1. The molecule has 0 atom stereocenters. The molecule has 6 aromatic carbocycles. The lowest BCUT2D eigenvalue weighted by molar-refractivity contribution is 1.47. The minimum Gasteiger partial charge on any atom is -0.0610 e. The number of hydrogen-bond donors (Lipinski definition) is 0. The molecule has 0 fully saturated rings. The summed E-state index contributed by atoms with van der Waals surface area (Å²) in [6.45, 7) is 2.14. The summed E-state index contributed by atoms with van der Waals surface area (Å²) in [6.07, 6.45) is 0. The van der Waals surface area contributed by atoms with Crippen LogP contribution < -0.4 is 0 Å². The fourth-order valence-electron chi connectivity index (χ4n) is 4.63. The van der Waals surface area contributed by atoms with Gasteiger partial charge in [0.15, 0.2) is 0 Å². The second-order valence-corrected chi connectivity index (χ2v) is 7.46. The zero-order chi connectivity index (χ0) is 18.0. The van der Waals surface area contributed by atoms with Crippen molar-refractivity contribution in [1.82, 2.24) is 0 Å². The Hall–Kier alpha value is -3.38. The van der Waals surface area contributed by atoms with Gasteiger partial charge in [-0.25, -0.2) is 0 Å². The van der Waals surface area contributed by atoms with Crippen LogP contribution in [0.2, 0.25) is 0 Å². The second-order valence-electron chi connectivity index (χ2n) is 7.46. The molecule has 0 nitrogen and oxygen atoms in total. The van der Waals surface area contributed by atoms with Crippen molar-refractivity contribution in [3.63, 3.8) is 0 Å². The fraction of sp³-hybridized carbons (Fsp3) is 0.0370. The van der Waals surface area contributed by atoms with E-state index in [0.717, 1.165) is 0 Å². The molecular formula is C27H18. The molecule has 0 unspecified atom stereocenters. The molecule has 0 aliphatic carbocycles. The van der Waals surface area contributed by atoms with Gasteiger partial charge in [-0.2, -0.15) is 0 Å². The number of fused-ring (bicyclic) bond motifs is 2. The van der Waals surface area contributed by atoms with E-state index in [1.807, 2.05) is 0 Å². The highest BCUT2D eigenvalue weighted by Crippen LogP contribution is 2.42. The smallest absolute Gasteiger partial charge is 0.00201 e. The predicted octanol–water partition coefficient (Wildman–Crippen LogP) is 7.71. The number of aryl methyl sites for hydroxylation is 1. The van der Waals surface area contributed by atoms with Crippen LogP contribution in [0.1, 0.15) is 5.56 Å². The van der Waals surface area contributed by atoms with Crippen LogP contribution in [0.4, 0.5) is 0 Å². The Labute approximate surface area is 158 Å². The van der Waals surface area contributed by atoms with Gasteiger partial charge >= 0.3 is 0 Å². The van der Waals surface area contributed by atoms with Crippen LogP contribution in [-0.2, 0) is 0 Å². The van der Waals surface area contributed by atoms with Crippen molar-refractivity contribution in [2.75, 3.05) is 0 Å². The Morgan fingerprint density at radius 1 is 0.444 bits per heavy atom. The molecule has 6 aromatic rings. The monoisotopic (exact) mass is 342 g/mol. The fourth-order valence-corrected chi connectivity index (χ4v) is 4.63. The molecule has 0 N–H and O–H groups in total. The average molecular weight is 342 g/mol. The summed E-state index contributed by atoms with van der Waals surface area (Å²) in [5, 5.41) is 10.8. The standard InChI is InChI=1S/C27H18/c1-17-11-13-18(14-12-17)20-15-16-25-23-8-3-6-19-5-2-7-22(26(19)23)24-10-4-9-21(20)27(24)25/h2-16H,1H3. The largest absolute Gasteiger partial charge is 0.0610 e. The second kappa shape index (κ2) is 5.31. The summed E-state index contributed by atoms with van der Waals surface area (Å²) >= 11 is 0. The van der Waals surface area contributed by atoms with Crippen LogP contribution in [0.15, 0.2) is 91.0 Å². The molecule has 27 heavy (non-hydrogen) atoms. The molecule has 0 bridgehead atoms. The molecule has 0 amide bonds. The van der Waals surface area contributed by atoms with E-state index in [2.05, 4.69) is 97.9 Å². The lowest BCUT2D eigenvalue weighted by atomic mass is 9.87. The van der Waals surface area contributed by atoms with Crippen LogP contribution in [-0.4, -0.2) is 0 Å². The van der Waals surface area contributed by atoms with E-state index in [-0.39, 0.29) is 0 Å². The average Bonchev–Trinajstić information content (AvgIpc) is 2.72. The summed E-state index contributed by atoms with van der Waals surface area (Å²) in [7, 11) is 0. The van der Waals surface area contributed by atoms with Gasteiger partial charge in [0.25, 0.3) is 0 Å². The number of hydrogen-bond acceptors (Lipinski definition) is 0. The van der Waals surface area contributed by atoms with Crippen molar-refractivity contribution >= 4 is 43.1 Å². The van der Waals surface area contributed by atoms with Crippen LogP contribution in [0.5, 0.6) is 0 Å². The minimum absolute atomic E-state index is 1.28. The van der Waals surface area contributed by atoms with E-state index in [9.17, 15) is 0 Å². The number of benzene rings is 6. The van der Waals surface area contributed by atoms with Crippen LogP contribution >= 0.6 is 0 Å². The SMILES string of the molecule is Cc1ccc(-c2ccc3c4cccc5cccc(c6cccc2c63)c54)cc1. The van der Waals surface area contributed by atoms with E-state index < -0.39 is 0 Å². The molecule has 0 aliphatic heterocycles. The van der Waals surface area contributed by atoms with E-state index >= 15 is 0 Å². The topological polar surface area (TPSA) is 0 Å². The van der Waals surface area contributed by atoms with Gasteiger partial charge in [0, 0.05) is 0 Å². The normalized spacial score (nSPS) is 11.9. The van der Waals surface area contributed by atoms with Crippen LogP contribution in [0.25, 0.3) is 54.2 Å². The summed E-state index contributed by atoms with van der Waals surface area (Å²) in [4.78, 5) is 0. The molecule has 6 rings (SSSR count). The first-order valence-corrected chi connectivity index (χ1v) is 9.46. The molecular weight excluding hydrogens is 324 g/mol. The lowest BCUT2D eigenvalue weighted by Crippen LogP contribution is -1.89. The molecule has 0 aliphatic rings. The first-order chi connectivity index (χ1) is 13.3. The van der Waals surface area contributed by atoms with E-state index in [4.69, 9.17) is 0 Å². The third-order valence-corrected chi connectivity index (χ3v) is 5.89. The summed E-state index contributed by atoms with van der Waals surface area (Å²) in [5.41, 5.74) is 3.88. The van der Waals surface area contributed by atoms with E-state index in [1.165, 1.54) is 59.8 Å². The molecule has 0 spiro atoms. The van der Waals surface area contributed by atoms with Crippen molar-refractivity contribution in [2.24, 2.45) is 0 Å². The van der Waals surface area contributed by atoms with Crippen LogP contribution in [0, 0.1) is 6.92 Å². The maximum atomic E-state index is 2.31. The highest BCUT2D eigenvalue weighted by atomic mass is 14.2. The van der Waals surface area contributed by atoms with Crippen molar-refractivity contribution < 1.29 is 0 Å². The van der Waals surface area contributed by atoms with Gasteiger partial charge in [-0.1, -0.05) is 96.6 Å². The van der Waals surface area contributed by atoms with Crippen molar-refractivity contribution in [3.8, 4) is 11.1 Å². The highest BCUT2D eigenvalue weighted by Gasteiger charge is 2.14. The van der Waals surface area contributed by atoms with Gasteiger partial charge in [-0.3, -0.25) is 0 Å². The summed E-state index contributed by atoms with van der Waals surface area (Å²) in [6, 6.07) is 33.5. The van der Waals surface area contributed by atoms with Crippen molar-refractivity contribution in [3.05, 3.63) is 96.6 Å². The van der Waals surface area contributed by atoms with Crippen molar-refractivity contribution in [1.29, 1.82) is 0 Å². The minimum atomic E-state index is 1.28. The molecule has 126 valence electrons. The quantitative estimate of drug-likeness (QED) is 0.212. The van der Waals surface area contributed by atoms with Gasteiger partial charge in [-0.05, 0) is 61.1 Å². The predicted molar refractivity (Wildman–Crippen MR) is 118 cm³/mol. The summed E-state index contributed by atoms with van der Waals surface area (Å²) < 4.78 is 0. The van der Waals surface area contributed by atoms with Crippen molar-refractivity contribution in [2.45, 2.75) is 6.92 Å². The van der Waals surface area contributed by atoms with E-state index in [1.54, 1.807) is 0 Å². The van der Waals surface area contributed by atoms with Crippen LogP contribution in [0.3, 0.4) is 0 Å². The zero-order valence-corrected chi connectivity index (χ0v) is 15.2. The zero-order valence-electron chi connectivity index (χ0n) is 15.2. The Morgan fingerprint density at radius 3 is 1.70 bits per heavy atom. The Bertz CT molecular complexity index is 1400. The molecule has 0 heteroatoms. The maximum absolute atomic E-state index is 2.31. The maximum Gasteiger partial charge on any atom is -0.00201 e. The molecule has 0 saturated heterocycles. The Kier molecular flexibility index (Phi) is 2.90. The van der Waals surface area contributed by atoms with Gasteiger partial charge in [0.2, 0.25) is 0 Å². The Balaban J connectivity index is 1.86. The van der Waals surface area contributed by atoms with Gasteiger partial charge in [0.05, 0.1) is 0 Å².